The van der Waals surface area contributed by atoms with Crippen LogP contribution in [-0.2, 0) is 16.0 Å². The number of nitrogens with zero attached hydrogens (tertiary/aromatic N) is 4. The Labute approximate surface area is 185 Å². The minimum absolute atomic E-state index is 0.0782. The van der Waals surface area contributed by atoms with E-state index >= 15 is 0 Å². The molecule has 1 aromatic carbocycles. The number of alkyl halides is 3. The second-order valence-electron chi connectivity index (χ2n) is 7.17. The van der Waals surface area contributed by atoms with Crippen LogP contribution in [0.3, 0.4) is 0 Å². The van der Waals surface area contributed by atoms with Gasteiger partial charge in [0.15, 0.2) is 11.5 Å². The molecule has 0 bridgehead atoms. The molecule has 0 radical (unpaired) electrons. The normalized spacial score (nSPS) is 14.2. The third kappa shape index (κ3) is 5.46. The average Bonchev–Trinajstić information content (AvgIpc) is 3.19. The first-order valence-electron chi connectivity index (χ1n) is 10.1. The monoisotopic (exact) mass is 463 g/mol. The predicted octanol–water partition coefficient (Wildman–Crippen LogP) is 3.40. The molecule has 0 unspecified atom stereocenters. The highest BCUT2D eigenvalue weighted by Gasteiger charge is 2.30. The van der Waals surface area contributed by atoms with Crippen LogP contribution < -0.4 is 5.32 Å². The number of anilines is 1. The Kier molecular flexibility index (Phi) is 6.56. The summed E-state index contributed by atoms with van der Waals surface area (Å²) in [6.07, 6.45) is -1.42. The molecule has 2 N–H and O–H groups in total. The van der Waals surface area contributed by atoms with Gasteiger partial charge in [0.05, 0.1) is 37.1 Å². The lowest BCUT2D eigenvalue weighted by Crippen LogP contribution is -2.19. The lowest BCUT2D eigenvalue weighted by atomic mass is 10.0. The maximum atomic E-state index is 13.1. The van der Waals surface area contributed by atoms with Gasteiger partial charge in [-0.15, -0.1) is 0 Å². The Morgan fingerprint density at radius 3 is 2.70 bits per heavy atom. The molecule has 174 valence electrons. The van der Waals surface area contributed by atoms with Crippen molar-refractivity contribution < 1.29 is 32.5 Å². The highest BCUT2D eigenvalue weighted by molar-refractivity contribution is 5.89. The first kappa shape index (κ1) is 22.7. The summed E-state index contributed by atoms with van der Waals surface area (Å²) in [7, 11) is 0. The van der Waals surface area contributed by atoms with E-state index in [-0.39, 0.29) is 24.7 Å². The van der Waals surface area contributed by atoms with Crippen molar-refractivity contribution in [2.24, 2.45) is 0 Å². The van der Waals surface area contributed by atoms with E-state index in [1.165, 1.54) is 6.20 Å². The number of carbonyl (C=O) groups excluding carboxylic acids is 1. The third-order valence-electron chi connectivity index (χ3n) is 4.81. The van der Waals surface area contributed by atoms with Crippen molar-refractivity contribution in [3.8, 4) is 11.4 Å². The molecular weight excluding hydrogens is 443 g/mol. The first-order chi connectivity index (χ1) is 15.8. The standard InChI is InChI=1S/C21H20F3N5O4/c22-21(23,24)12-29-19-16(11-25-29)17(13-5-8-32-9-6-13)27-18(28-19)14-1-3-15(4-2-14)26-20(31)33-10-7-30/h1-5,11,30H,6-10,12H2,(H,26,31). The van der Waals surface area contributed by atoms with E-state index in [0.29, 0.717) is 42.0 Å². The van der Waals surface area contributed by atoms with Crippen molar-refractivity contribution in [1.29, 1.82) is 0 Å². The summed E-state index contributed by atoms with van der Waals surface area (Å²) in [6, 6.07) is 6.44. The van der Waals surface area contributed by atoms with E-state index in [2.05, 4.69) is 20.4 Å². The van der Waals surface area contributed by atoms with Crippen LogP contribution in [0.4, 0.5) is 23.7 Å². The number of aliphatic hydroxyl groups excluding tert-OH is 1. The van der Waals surface area contributed by atoms with Gasteiger partial charge in [-0.05, 0) is 36.3 Å². The Bertz CT molecular complexity index is 1180. The van der Waals surface area contributed by atoms with Crippen LogP contribution >= 0.6 is 0 Å². The van der Waals surface area contributed by atoms with Crippen molar-refractivity contribution in [2.45, 2.75) is 19.1 Å². The van der Waals surface area contributed by atoms with Gasteiger partial charge in [-0.1, -0.05) is 6.08 Å². The van der Waals surface area contributed by atoms with E-state index in [4.69, 9.17) is 14.6 Å². The molecule has 0 fully saturated rings. The van der Waals surface area contributed by atoms with Crippen LogP contribution in [0.25, 0.3) is 28.0 Å². The molecule has 3 heterocycles. The zero-order valence-electron chi connectivity index (χ0n) is 17.3. The Balaban J connectivity index is 1.71. The fraction of sp³-hybridized carbons (Fsp3) is 0.333. The number of aromatic nitrogens is 4. The number of ether oxygens (including phenoxy) is 2. The molecule has 0 spiro atoms. The topological polar surface area (TPSA) is 111 Å². The van der Waals surface area contributed by atoms with Crippen LogP contribution in [0.2, 0.25) is 0 Å². The van der Waals surface area contributed by atoms with Crippen molar-refractivity contribution in [3.63, 3.8) is 0 Å². The molecule has 3 aromatic rings. The molecule has 9 nitrogen and oxygen atoms in total. The minimum atomic E-state index is -4.46. The lowest BCUT2D eigenvalue weighted by molar-refractivity contribution is -0.141. The number of nitrogens with one attached hydrogen (secondary N) is 1. The number of hydrogen-bond donors (Lipinski definition) is 2. The number of aliphatic hydroxyl groups is 1. The molecule has 4 rings (SSSR count). The Morgan fingerprint density at radius 2 is 2.03 bits per heavy atom. The molecule has 0 atom stereocenters. The molecule has 0 aliphatic carbocycles. The zero-order chi connectivity index (χ0) is 23.4. The van der Waals surface area contributed by atoms with Crippen LogP contribution in [0.1, 0.15) is 12.1 Å². The van der Waals surface area contributed by atoms with E-state index in [0.717, 1.165) is 10.3 Å². The summed E-state index contributed by atoms with van der Waals surface area (Å²) in [4.78, 5) is 20.6. The number of carbonyl (C=O) groups is 1. The molecule has 33 heavy (non-hydrogen) atoms. The first-order valence-corrected chi connectivity index (χ1v) is 10.1. The van der Waals surface area contributed by atoms with E-state index in [9.17, 15) is 18.0 Å². The fourth-order valence-corrected chi connectivity index (χ4v) is 3.35. The second kappa shape index (κ2) is 9.55. The summed E-state index contributed by atoms with van der Waals surface area (Å²) in [5.41, 5.74) is 2.42. The number of halogens is 3. The third-order valence-corrected chi connectivity index (χ3v) is 4.81. The number of amides is 1. The predicted molar refractivity (Wildman–Crippen MR) is 112 cm³/mol. The zero-order valence-corrected chi connectivity index (χ0v) is 17.3. The molecule has 0 saturated carbocycles. The van der Waals surface area contributed by atoms with Gasteiger partial charge in [0.25, 0.3) is 0 Å². The average molecular weight is 463 g/mol. The second-order valence-corrected chi connectivity index (χ2v) is 7.17. The van der Waals surface area contributed by atoms with Crippen LogP contribution in [0.15, 0.2) is 36.5 Å². The van der Waals surface area contributed by atoms with Gasteiger partial charge in [-0.3, -0.25) is 5.32 Å². The SMILES string of the molecule is O=C(Nc1ccc(-c2nc(C3=CCOCC3)c3cnn(CC(F)(F)F)c3n2)cc1)OCCO. The van der Waals surface area contributed by atoms with Crippen LogP contribution in [0, 0.1) is 0 Å². The molecule has 1 amide bonds. The van der Waals surface area contributed by atoms with Crippen molar-refractivity contribution in [3.05, 3.63) is 42.2 Å². The van der Waals surface area contributed by atoms with Gasteiger partial charge in [-0.2, -0.15) is 18.3 Å². The number of benzene rings is 1. The molecule has 1 aliphatic rings. The van der Waals surface area contributed by atoms with E-state index in [1.807, 2.05) is 6.08 Å². The van der Waals surface area contributed by atoms with Gasteiger partial charge in [0.2, 0.25) is 0 Å². The molecule has 2 aromatic heterocycles. The Morgan fingerprint density at radius 1 is 1.24 bits per heavy atom. The summed E-state index contributed by atoms with van der Waals surface area (Å²) in [5, 5.41) is 15.5. The van der Waals surface area contributed by atoms with Gasteiger partial charge < -0.3 is 14.6 Å². The number of fused-ring (bicyclic) bond motifs is 1. The maximum Gasteiger partial charge on any atom is 0.411 e. The van der Waals surface area contributed by atoms with Gasteiger partial charge in [-0.25, -0.2) is 19.4 Å². The lowest BCUT2D eigenvalue weighted by Gasteiger charge is -2.15. The van der Waals surface area contributed by atoms with Crippen LogP contribution in [0.5, 0.6) is 0 Å². The highest BCUT2D eigenvalue weighted by atomic mass is 19.4. The van der Waals surface area contributed by atoms with Crippen LogP contribution in [-0.4, -0.2) is 63.6 Å². The Hall–Kier alpha value is -3.51. The molecule has 12 heteroatoms. The van der Waals surface area contributed by atoms with E-state index < -0.39 is 18.8 Å². The summed E-state index contributed by atoms with van der Waals surface area (Å²) in [6.45, 7) is -0.821. The number of rotatable bonds is 6. The highest BCUT2D eigenvalue weighted by Crippen LogP contribution is 2.30. The minimum Gasteiger partial charge on any atom is -0.447 e. The molecular formula is C21H20F3N5O4. The van der Waals surface area contributed by atoms with Gasteiger partial charge in [0, 0.05) is 11.3 Å². The molecule has 0 saturated heterocycles. The maximum absolute atomic E-state index is 13.1. The van der Waals surface area contributed by atoms with E-state index in [1.54, 1.807) is 24.3 Å². The summed E-state index contributed by atoms with van der Waals surface area (Å²) >= 11 is 0. The quantitative estimate of drug-likeness (QED) is 0.576. The van der Waals surface area contributed by atoms with Gasteiger partial charge in [0.1, 0.15) is 13.2 Å². The molecule has 1 aliphatic heterocycles. The van der Waals surface area contributed by atoms with Gasteiger partial charge >= 0.3 is 12.3 Å². The smallest absolute Gasteiger partial charge is 0.411 e. The largest absolute Gasteiger partial charge is 0.447 e. The summed E-state index contributed by atoms with van der Waals surface area (Å²) in [5.74, 6) is 0.225. The summed E-state index contributed by atoms with van der Waals surface area (Å²) < 4.78 is 50.1. The fourth-order valence-electron chi connectivity index (χ4n) is 3.35. The number of hydrogen-bond acceptors (Lipinski definition) is 7. The van der Waals surface area contributed by atoms with Crippen molar-refractivity contribution in [1.82, 2.24) is 19.7 Å². The van der Waals surface area contributed by atoms with Crippen molar-refractivity contribution >= 4 is 28.4 Å². The van der Waals surface area contributed by atoms with Crippen molar-refractivity contribution in [2.75, 3.05) is 31.7 Å².